The van der Waals surface area contributed by atoms with Gasteiger partial charge in [0.2, 0.25) is 11.8 Å². The summed E-state index contributed by atoms with van der Waals surface area (Å²) in [5.41, 5.74) is 2.08. The number of likely N-dealkylation sites (tertiary alicyclic amines) is 1. The minimum Gasteiger partial charge on any atom is -0.339 e. The standard InChI is InChI=1S/C23H25N3O3/c27-21-15-18(16-26(21)20-7-3-1-4-8-20)22(28)24-19-11-9-17(10-12-19)23(29)25-13-5-2-6-14-25/h1,3-4,7-12,18H,2,5-6,13-16H2,(H,24,28). The smallest absolute Gasteiger partial charge is 0.253 e. The van der Waals surface area contributed by atoms with Crippen molar-refractivity contribution < 1.29 is 14.4 Å². The number of rotatable bonds is 4. The number of hydrogen-bond donors (Lipinski definition) is 1. The van der Waals surface area contributed by atoms with E-state index in [0.29, 0.717) is 17.8 Å². The van der Waals surface area contributed by atoms with Crippen molar-refractivity contribution >= 4 is 29.1 Å². The predicted octanol–water partition coefficient (Wildman–Crippen LogP) is 3.30. The maximum Gasteiger partial charge on any atom is 0.253 e. The van der Waals surface area contributed by atoms with E-state index in [-0.39, 0.29) is 24.1 Å². The lowest BCUT2D eigenvalue weighted by molar-refractivity contribution is -0.122. The number of amides is 3. The van der Waals surface area contributed by atoms with Gasteiger partial charge < -0.3 is 15.1 Å². The van der Waals surface area contributed by atoms with Crippen molar-refractivity contribution in [1.29, 1.82) is 0 Å². The average Bonchev–Trinajstić information content (AvgIpc) is 3.17. The third kappa shape index (κ3) is 4.31. The number of benzene rings is 2. The van der Waals surface area contributed by atoms with E-state index in [2.05, 4.69) is 5.32 Å². The fraction of sp³-hybridized carbons (Fsp3) is 0.348. The maximum atomic E-state index is 12.6. The Hall–Kier alpha value is -3.15. The van der Waals surface area contributed by atoms with Crippen molar-refractivity contribution in [3.8, 4) is 0 Å². The first-order valence-electron chi connectivity index (χ1n) is 10.2. The molecule has 2 aromatic carbocycles. The zero-order chi connectivity index (χ0) is 20.2. The molecule has 2 heterocycles. The van der Waals surface area contributed by atoms with Gasteiger partial charge >= 0.3 is 0 Å². The van der Waals surface area contributed by atoms with Crippen LogP contribution in [0.3, 0.4) is 0 Å². The molecular formula is C23H25N3O3. The second kappa shape index (κ2) is 8.47. The Bertz CT molecular complexity index is 889. The molecule has 3 amide bonds. The van der Waals surface area contributed by atoms with E-state index in [0.717, 1.165) is 31.6 Å². The van der Waals surface area contributed by atoms with Crippen molar-refractivity contribution in [1.82, 2.24) is 4.90 Å². The molecule has 0 aromatic heterocycles. The summed E-state index contributed by atoms with van der Waals surface area (Å²) in [7, 11) is 0. The van der Waals surface area contributed by atoms with E-state index in [1.807, 2.05) is 35.2 Å². The highest BCUT2D eigenvalue weighted by molar-refractivity contribution is 6.03. The van der Waals surface area contributed by atoms with Crippen molar-refractivity contribution in [2.75, 3.05) is 29.9 Å². The SMILES string of the molecule is O=C(Nc1ccc(C(=O)N2CCCCC2)cc1)C1CC(=O)N(c2ccccc2)C1. The van der Waals surface area contributed by atoms with Gasteiger partial charge in [-0.05, 0) is 55.7 Å². The molecule has 1 unspecified atom stereocenters. The van der Waals surface area contributed by atoms with E-state index in [1.165, 1.54) is 6.42 Å². The number of nitrogens with one attached hydrogen (secondary N) is 1. The van der Waals surface area contributed by atoms with E-state index >= 15 is 0 Å². The number of carbonyl (C=O) groups excluding carboxylic acids is 3. The third-order valence-corrected chi connectivity index (χ3v) is 5.61. The van der Waals surface area contributed by atoms with Crippen LogP contribution in [-0.4, -0.2) is 42.3 Å². The Morgan fingerprint density at radius 1 is 0.897 bits per heavy atom. The zero-order valence-electron chi connectivity index (χ0n) is 16.3. The van der Waals surface area contributed by atoms with Crippen LogP contribution in [0.15, 0.2) is 54.6 Å². The second-order valence-electron chi connectivity index (χ2n) is 7.66. The van der Waals surface area contributed by atoms with Gasteiger partial charge in [0.15, 0.2) is 0 Å². The lowest BCUT2D eigenvalue weighted by atomic mass is 10.1. The Kier molecular flexibility index (Phi) is 5.60. The molecule has 6 heteroatoms. The lowest BCUT2D eigenvalue weighted by Gasteiger charge is -2.26. The average molecular weight is 391 g/mol. The van der Waals surface area contributed by atoms with Gasteiger partial charge in [-0.25, -0.2) is 0 Å². The number of anilines is 2. The van der Waals surface area contributed by atoms with Crippen molar-refractivity contribution in [3.63, 3.8) is 0 Å². The molecule has 0 spiro atoms. The van der Waals surface area contributed by atoms with Crippen LogP contribution in [0.2, 0.25) is 0 Å². The molecule has 4 rings (SSSR count). The van der Waals surface area contributed by atoms with Crippen LogP contribution >= 0.6 is 0 Å². The molecule has 150 valence electrons. The summed E-state index contributed by atoms with van der Waals surface area (Å²) in [5, 5.41) is 2.88. The molecule has 0 bridgehead atoms. The first kappa shape index (κ1) is 19.2. The third-order valence-electron chi connectivity index (χ3n) is 5.61. The van der Waals surface area contributed by atoms with E-state index in [4.69, 9.17) is 0 Å². The molecule has 1 N–H and O–H groups in total. The molecule has 2 saturated heterocycles. The van der Waals surface area contributed by atoms with Gasteiger partial charge in [-0.15, -0.1) is 0 Å². The van der Waals surface area contributed by atoms with Gasteiger partial charge in [-0.3, -0.25) is 14.4 Å². The molecule has 2 aliphatic rings. The molecular weight excluding hydrogens is 366 g/mol. The molecule has 2 aliphatic heterocycles. The highest BCUT2D eigenvalue weighted by Gasteiger charge is 2.35. The van der Waals surface area contributed by atoms with E-state index in [9.17, 15) is 14.4 Å². The second-order valence-corrected chi connectivity index (χ2v) is 7.66. The number of nitrogens with zero attached hydrogens (tertiary/aromatic N) is 2. The summed E-state index contributed by atoms with van der Waals surface area (Å²) < 4.78 is 0. The summed E-state index contributed by atoms with van der Waals surface area (Å²) >= 11 is 0. The van der Waals surface area contributed by atoms with E-state index < -0.39 is 5.92 Å². The van der Waals surface area contributed by atoms with Crippen LogP contribution in [0.5, 0.6) is 0 Å². The van der Waals surface area contributed by atoms with Crippen LogP contribution in [0.4, 0.5) is 11.4 Å². The first-order chi connectivity index (χ1) is 14.1. The molecule has 0 aliphatic carbocycles. The van der Waals surface area contributed by atoms with Crippen molar-refractivity contribution in [3.05, 3.63) is 60.2 Å². The Morgan fingerprint density at radius 2 is 1.59 bits per heavy atom. The minimum absolute atomic E-state index is 0.0428. The number of carbonyl (C=O) groups is 3. The highest BCUT2D eigenvalue weighted by atomic mass is 16.2. The molecule has 29 heavy (non-hydrogen) atoms. The molecule has 1 atom stereocenters. The van der Waals surface area contributed by atoms with Crippen LogP contribution in [0, 0.1) is 5.92 Å². The maximum absolute atomic E-state index is 12.6. The van der Waals surface area contributed by atoms with Crippen molar-refractivity contribution in [2.24, 2.45) is 5.92 Å². The highest BCUT2D eigenvalue weighted by Crippen LogP contribution is 2.26. The predicted molar refractivity (Wildman–Crippen MR) is 112 cm³/mol. The number of piperidine rings is 1. The summed E-state index contributed by atoms with van der Waals surface area (Å²) in [4.78, 5) is 41.0. The monoisotopic (exact) mass is 391 g/mol. The van der Waals surface area contributed by atoms with Crippen molar-refractivity contribution in [2.45, 2.75) is 25.7 Å². The van der Waals surface area contributed by atoms with Crippen LogP contribution < -0.4 is 10.2 Å². The lowest BCUT2D eigenvalue weighted by Crippen LogP contribution is -2.35. The molecule has 6 nitrogen and oxygen atoms in total. The normalized spacial score (nSPS) is 19.3. The Labute approximate surface area is 170 Å². The molecule has 2 aromatic rings. The van der Waals surface area contributed by atoms with Gasteiger partial charge in [0.25, 0.3) is 5.91 Å². The summed E-state index contributed by atoms with van der Waals surface area (Å²) in [5.74, 6) is -0.564. The van der Waals surface area contributed by atoms with Crippen LogP contribution in [0.1, 0.15) is 36.0 Å². The number of para-hydroxylation sites is 1. The largest absolute Gasteiger partial charge is 0.339 e. The molecule has 2 fully saturated rings. The van der Waals surface area contributed by atoms with Crippen LogP contribution in [-0.2, 0) is 9.59 Å². The van der Waals surface area contributed by atoms with E-state index in [1.54, 1.807) is 29.2 Å². The molecule has 0 saturated carbocycles. The summed E-state index contributed by atoms with van der Waals surface area (Å²) in [6.45, 7) is 2.00. The van der Waals surface area contributed by atoms with Gasteiger partial charge in [0, 0.05) is 43.0 Å². The quantitative estimate of drug-likeness (QED) is 0.869. The summed E-state index contributed by atoms with van der Waals surface area (Å²) in [6.07, 6.45) is 3.49. The van der Waals surface area contributed by atoms with Gasteiger partial charge in [0.1, 0.15) is 0 Å². The Morgan fingerprint density at radius 3 is 2.28 bits per heavy atom. The summed E-state index contributed by atoms with van der Waals surface area (Å²) in [6, 6.07) is 16.4. The fourth-order valence-corrected chi connectivity index (χ4v) is 3.96. The van der Waals surface area contributed by atoms with Gasteiger partial charge in [0.05, 0.1) is 5.92 Å². The van der Waals surface area contributed by atoms with Crippen LogP contribution in [0.25, 0.3) is 0 Å². The van der Waals surface area contributed by atoms with Gasteiger partial charge in [-0.2, -0.15) is 0 Å². The topological polar surface area (TPSA) is 69.7 Å². The fourth-order valence-electron chi connectivity index (χ4n) is 3.96. The number of hydrogen-bond acceptors (Lipinski definition) is 3. The first-order valence-corrected chi connectivity index (χ1v) is 10.2. The minimum atomic E-state index is -0.391. The van der Waals surface area contributed by atoms with Gasteiger partial charge in [-0.1, -0.05) is 18.2 Å². The molecule has 0 radical (unpaired) electrons. The Balaban J connectivity index is 1.36. The zero-order valence-corrected chi connectivity index (χ0v) is 16.3.